The topological polar surface area (TPSA) is 51.3 Å². The van der Waals surface area contributed by atoms with Crippen LogP contribution in [0.1, 0.15) is 12.6 Å². The lowest BCUT2D eigenvalue weighted by Gasteiger charge is -1.99. The van der Waals surface area contributed by atoms with Crippen LogP contribution in [-0.2, 0) is 0 Å². The lowest BCUT2D eigenvalue weighted by molar-refractivity contribution is 0.617. The molecule has 0 aliphatic heterocycles. The molecule has 3 nitrogen and oxygen atoms in total. The molecule has 0 aliphatic rings. The first-order valence-electron chi connectivity index (χ1n) is 3.21. The number of nitrogens with zero attached hydrogens (tertiary/aromatic N) is 2. The summed E-state index contributed by atoms with van der Waals surface area (Å²) in [6.07, 6.45) is 1.49. The summed E-state index contributed by atoms with van der Waals surface area (Å²) in [6, 6.07) is 1.32. The van der Waals surface area contributed by atoms with Crippen LogP contribution in [0.15, 0.2) is 21.8 Å². The van der Waals surface area contributed by atoms with Gasteiger partial charge in [-0.1, -0.05) is 0 Å². The molecule has 64 valence electrons. The van der Waals surface area contributed by atoms with Crippen LogP contribution in [-0.4, -0.2) is 10.7 Å². The molecule has 12 heavy (non-hydrogen) atoms. The predicted molar refractivity (Wildman–Crippen MR) is 48.3 cm³/mol. The van der Waals surface area contributed by atoms with Gasteiger partial charge in [-0.05, 0) is 28.9 Å². The fourth-order valence-corrected chi connectivity index (χ4v) is 1.05. The molecule has 1 heterocycles. The van der Waals surface area contributed by atoms with Crippen LogP contribution in [0.4, 0.5) is 4.39 Å². The molecule has 0 fully saturated rings. The molecule has 5 heteroatoms. The molecule has 0 spiro atoms. The largest absolute Gasteiger partial charge is 0.323 e. The molecule has 0 bridgehead atoms. The van der Waals surface area contributed by atoms with Gasteiger partial charge in [-0.25, -0.2) is 4.39 Å². The monoisotopic (exact) mass is 231 g/mol. The van der Waals surface area contributed by atoms with Crippen LogP contribution in [0.5, 0.6) is 0 Å². The maximum Gasteiger partial charge on any atom is 0.151 e. The van der Waals surface area contributed by atoms with Gasteiger partial charge in [0.15, 0.2) is 5.82 Å². The molecule has 0 atom stereocenters. The minimum atomic E-state index is -0.434. The Morgan fingerprint density at radius 3 is 2.92 bits per heavy atom. The third kappa shape index (κ3) is 1.79. The highest BCUT2D eigenvalue weighted by Gasteiger charge is 2.06. The molecular weight excluding hydrogens is 225 g/mol. The SMILES string of the molecule is C/C(=N\N)c1ncc(Br)cc1F. The smallest absolute Gasteiger partial charge is 0.151 e. The summed E-state index contributed by atoms with van der Waals surface area (Å²) in [5, 5.41) is 3.35. The molecule has 0 saturated heterocycles. The molecule has 0 amide bonds. The van der Waals surface area contributed by atoms with Crippen molar-refractivity contribution >= 4 is 21.6 Å². The minimum absolute atomic E-state index is 0.181. The van der Waals surface area contributed by atoms with E-state index in [0.29, 0.717) is 10.2 Å². The standard InChI is InChI=1S/C7H7BrFN3/c1-4(12-10)7-6(9)2-5(8)3-11-7/h2-3H,10H2,1H3/b12-4+. The average Bonchev–Trinajstić information content (AvgIpc) is 2.03. The second kappa shape index (κ2) is 3.62. The van der Waals surface area contributed by atoms with Gasteiger partial charge in [0.1, 0.15) is 5.69 Å². The second-order valence-corrected chi connectivity index (χ2v) is 3.11. The van der Waals surface area contributed by atoms with Crippen LogP contribution in [0.3, 0.4) is 0 Å². The third-order valence-corrected chi connectivity index (χ3v) is 1.78. The zero-order valence-electron chi connectivity index (χ0n) is 6.38. The second-order valence-electron chi connectivity index (χ2n) is 2.20. The number of hydrogen-bond donors (Lipinski definition) is 1. The summed E-state index contributed by atoms with van der Waals surface area (Å²) in [4.78, 5) is 3.82. The zero-order valence-corrected chi connectivity index (χ0v) is 7.97. The van der Waals surface area contributed by atoms with Crippen molar-refractivity contribution in [3.8, 4) is 0 Å². The Bertz CT molecular complexity index is 324. The Morgan fingerprint density at radius 1 is 1.75 bits per heavy atom. The summed E-state index contributed by atoms with van der Waals surface area (Å²) in [5.41, 5.74) is 0.556. The molecule has 0 unspecified atom stereocenters. The molecule has 0 saturated carbocycles. The first-order chi connectivity index (χ1) is 5.65. The molecule has 2 N–H and O–H groups in total. The van der Waals surface area contributed by atoms with E-state index in [0.717, 1.165) is 0 Å². The summed E-state index contributed by atoms with van der Waals surface area (Å²) in [7, 11) is 0. The summed E-state index contributed by atoms with van der Waals surface area (Å²) in [5.74, 6) is 4.55. The lowest BCUT2D eigenvalue weighted by Crippen LogP contribution is -2.04. The third-order valence-electron chi connectivity index (χ3n) is 1.34. The molecule has 0 aliphatic carbocycles. The van der Waals surface area contributed by atoms with Crippen molar-refractivity contribution in [2.45, 2.75) is 6.92 Å². The Hall–Kier alpha value is -0.970. The van der Waals surface area contributed by atoms with Crippen molar-refractivity contribution in [2.24, 2.45) is 10.9 Å². The maximum atomic E-state index is 13.1. The fourth-order valence-electron chi connectivity index (χ4n) is 0.742. The van der Waals surface area contributed by atoms with E-state index in [2.05, 4.69) is 26.0 Å². The van der Waals surface area contributed by atoms with Gasteiger partial charge in [-0.3, -0.25) is 4.98 Å². The summed E-state index contributed by atoms with van der Waals surface area (Å²) in [6.45, 7) is 1.60. The Kier molecular flexibility index (Phi) is 2.75. The van der Waals surface area contributed by atoms with Crippen LogP contribution in [0.25, 0.3) is 0 Å². The number of aromatic nitrogens is 1. The number of hydrazone groups is 1. The number of nitrogens with two attached hydrogens (primary N) is 1. The van der Waals surface area contributed by atoms with Crippen molar-refractivity contribution in [1.29, 1.82) is 0 Å². The molecule has 1 aromatic heterocycles. The predicted octanol–water partition coefficient (Wildman–Crippen LogP) is 1.67. The van der Waals surface area contributed by atoms with E-state index in [-0.39, 0.29) is 5.69 Å². The quantitative estimate of drug-likeness (QED) is 0.454. The minimum Gasteiger partial charge on any atom is -0.323 e. The highest BCUT2D eigenvalue weighted by atomic mass is 79.9. The highest BCUT2D eigenvalue weighted by molar-refractivity contribution is 9.10. The van der Waals surface area contributed by atoms with Gasteiger partial charge in [-0.2, -0.15) is 5.10 Å². The van der Waals surface area contributed by atoms with Gasteiger partial charge in [0, 0.05) is 10.7 Å². The molecular formula is C7H7BrFN3. The van der Waals surface area contributed by atoms with Crippen molar-refractivity contribution in [1.82, 2.24) is 4.98 Å². The van der Waals surface area contributed by atoms with Crippen molar-refractivity contribution in [3.05, 3.63) is 28.2 Å². The van der Waals surface area contributed by atoms with Crippen LogP contribution in [0, 0.1) is 5.82 Å². The number of pyridine rings is 1. The van der Waals surface area contributed by atoms with Crippen molar-refractivity contribution in [2.75, 3.05) is 0 Å². The maximum absolute atomic E-state index is 13.1. The van der Waals surface area contributed by atoms with Gasteiger partial charge in [0.25, 0.3) is 0 Å². The van der Waals surface area contributed by atoms with Crippen LogP contribution < -0.4 is 5.84 Å². The number of rotatable bonds is 1. The molecule has 1 rings (SSSR count). The van der Waals surface area contributed by atoms with E-state index in [1.54, 1.807) is 6.92 Å². The van der Waals surface area contributed by atoms with Crippen LogP contribution in [0.2, 0.25) is 0 Å². The van der Waals surface area contributed by atoms with E-state index >= 15 is 0 Å². The Balaban J connectivity index is 3.18. The van der Waals surface area contributed by atoms with E-state index in [9.17, 15) is 4.39 Å². The normalized spacial score (nSPS) is 11.8. The van der Waals surface area contributed by atoms with Gasteiger partial charge in [0.2, 0.25) is 0 Å². The van der Waals surface area contributed by atoms with Gasteiger partial charge in [0.05, 0.1) is 5.71 Å². The van der Waals surface area contributed by atoms with Gasteiger partial charge >= 0.3 is 0 Å². The fraction of sp³-hybridized carbons (Fsp3) is 0.143. The van der Waals surface area contributed by atoms with Gasteiger partial charge < -0.3 is 5.84 Å². The molecule has 0 aromatic carbocycles. The first kappa shape index (κ1) is 9.12. The number of hydrogen-bond acceptors (Lipinski definition) is 3. The Labute approximate surface area is 77.6 Å². The van der Waals surface area contributed by atoms with E-state index in [1.807, 2.05) is 0 Å². The summed E-state index contributed by atoms with van der Waals surface area (Å²) >= 11 is 3.09. The Morgan fingerprint density at radius 2 is 2.42 bits per heavy atom. The zero-order chi connectivity index (χ0) is 9.14. The van der Waals surface area contributed by atoms with Gasteiger partial charge in [-0.15, -0.1) is 0 Å². The summed E-state index contributed by atoms with van der Waals surface area (Å²) < 4.78 is 13.7. The molecule has 1 aromatic rings. The van der Waals surface area contributed by atoms with E-state index in [1.165, 1.54) is 12.3 Å². The van der Waals surface area contributed by atoms with Crippen LogP contribution >= 0.6 is 15.9 Å². The highest BCUT2D eigenvalue weighted by Crippen LogP contribution is 2.12. The lowest BCUT2D eigenvalue weighted by atomic mass is 10.2. The molecule has 0 radical (unpaired) electrons. The average molecular weight is 232 g/mol. The van der Waals surface area contributed by atoms with Crippen molar-refractivity contribution in [3.63, 3.8) is 0 Å². The van der Waals surface area contributed by atoms with E-state index < -0.39 is 5.82 Å². The van der Waals surface area contributed by atoms with E-state index in [4.69, 9.17) is 5.84 Å². The van der Waals surface area contributed by atoms with Crippen molar-refractivity contribution < 1.29 is 4.39 Å². The first-order valence-corrected chi connectivity index (χ1v) is 4.00. The number of halogens is 2.